The summed E-state index contributed by atoms with van der Waals surface area (Å²) in [6.07, 6.45) is 3.11. The van der Waals surface area contributed by atoms with Crippen molar-refractivity contribution in [1.29, 1.82) is 0 Å². The molecule has 0 aliphatic carbocycles. The molecule has 1 amide bonds. The van der Waals surface area contributed by atoms with E-state index in [1.54, 1.807) is 18.3 Å². The number of carbonyl (C=O) groups excluding carboxylic acids is 1. The monoisotopic (exact) mass is 297 g/mol. The van der Waals surface area contributed by atoms with Crippen molar-refractivity contribution in [3.63, 3.8) is 0 Å². The fourth-order valence-electron chi connectivity index (χ4n) is 1.33. The van der Waals surface area contributed by atoms with Crippen molar-refractivity contribution in [3.05, 3.63) is 52.3 Å². The van der Waals surface area contributed by atoms with Crippen LogP contribution in [0, 0.1) is 5.82 Å². The predicted octanol–water partition coefficient (Wildman–Crippen LogP) is 2.24. The molecule has 1 heterocycles. The molecule has 2 N–H and O–H groups in total. The van der Waals surface area contributed by atoms with Crippen LogP contribution in [0.4, 0.5) is 4.39 Å². The van der Waals surface area contributed by atoms with E-state index in [2.05, 4.69) is 31.2 Å². The minimum Gasteiger partial charge on any atom is -0.347 e. The molecular formula is C11H9BrFN3O. The summed E-state index contributed by atoms with van der Waals surface area (Å²) in [6.45, 7) is 0.283. The van der Waals surface area contributed by atoms with Crippen LogP contribution in [0.2, 0.25) is 0 Å². The molecule has 1 aromatic heterocycles. The standard InChI is InChI=1S/C11H9BrFN3O/c12-9-3-1-2-8(10(9)13)11(17)15-5-7-4-14-6-16-7/h1-4,6H,5H2,(H,14,16)(H,15,17). The average molecular weight is 298 g/mol. The fraction of sp³-hybridized carbons (Fsp3) is 0.0909. The van der Waals surface area contributed by atoms with E-state index in [4.69, 9.17) is 0 Å². The van der Waals surface area contributed by atoms with Gasteiger partial charge in [-0.2, -0.15) is 0 Å². The lowest BCUT2D eigenvalue weighted by molar-refractivity contribution is 0.0946. The number of nitrogens with zero attached hydrogens (tertiary/aromatic N) is 1. The number of aromatic amines is 1. The largest absolute Gasteiger partial charge is 0.347 e. The molecule has 0 saturated carbocycles. The number of imidazole rings is 1. The molecule has 0 atom stereocenters. The van der Waals surface area contributed by atoms with E-state index in [1.807, 2.05) is 0 Å². The van der Waals surface area contributed by atoms with Gasteiger partial charge in [0, 0.05) is 6.20 Å². The molecule has 6 heteroatoms. The van der Waals surface area contributed by atoms with Crippen molar-refractivity contribution in [2.75, 3.05) is 0 Å². The highest BCUT2D eigenvalue weighted by Gasteiger charge is 2.13. The minimum atomic E-state index is -0.561. The number of aromatic nitrogens is 2. The van der Waals surface area contributed by atoms with Gasteiger partial charge in [-0.15, -0.1) is 0 Å². The Hall–Kier alpha value is -1.69. The molecule has 2 rings (SSSR count). The van der Waals surface area contributed by atoms with Crippen LogP contribution in [0.15, 0.2) is 35.2 Å². The fourth-order valence-corrected chi connectivity index (χ4v) is 1.70. The van der Waals surface area contributed by atoms with E-state index in [1.165, 1.54) is 12.4 Å². The van der Waals surface area contributed by atoms with Gasteiger partial charge in [-0.25, -0.2) is 9.37 Å². The Bertz CT molecular complexity index is 528. The third-order valence-electron chi connectivity index (χ3n) is 2.19. The molecule has 0 fully saturated rings. The van der Waals surface area contributed by atoms with Crippen molar-refractivity contribution in [3.8, 4) is 0 Å². The summed E-state index contributed by atoms with van der Waals surface area (Å²) in [5, 5.41) is 2.60. The van der Waals surface area contributed by atoms with Crippen LogP contribution in [0.5, 0.6) is 0 Å². The molecule has 0 unspecified atom stereocenters. The normalized spacial score (nSPS) is 10.2. The lowest BCUT2D eigenvalue weighted by Crippen LogP contribution is -2.24. The molecule has 0 bridgehead atoms. The highest BCUT2D eigenvalue weighted by molar-refractivity contribution is 9.10. The van der Waals surface area contributed by atoms with Crippen LogP contribution in [-0.2, 0) is 6.54 Å². The Morgan fingerprint density at radius 1 is 1.53 bits per heavy atom. The number of amides is 1. The zero-order valence-electron chi connectivity index (χ0n) is 8.71. The Morgan fingerprint density at radius 2 is 2.35 bits per heavy atom. The zero-order valence-corrected chi connectivity index (χ0v) is 10.3. The minimum absolute atomic E-state index is 0.0129. The quantitative estimate of drug-likeness (QED) is 0.913. The van der Waals surface area contributed by atoms with Gasteiger partial charge >= 0.3 is 0 Å². The number of hydrogen-bond donors (Lipinski definition) is 2. The van der Waals surface area contributed by atoms with E-state index < -0.39 is 11.7 Å². The molecule has 0 radical (unpaired) electrons. The van der Waals surface area contributed by atoms with Gasteiger partial charge < -0.3 is 10.3 Å². The van der Waals surface area contributed by atoms with Gasteiger partial charge in [0.2, 0.25) is 0 Å². The number of H-pyrrole nitrogens is 1. The summed E-state index contributed by atoms with van der Waals surface area (Å²) in [5.41, 5.74) is 0.771. The topological polar surface area (TPSA) is 57.8 Å². The van der Waals surface area contributed by atoms with Crippen molar-refractivity contribution < 1.29 is 9.18 Å². The molecule has 88 valence electrons. The summed E-state index contributed by atoms with van der Waals surface area (Å²) < 4.78 is 13.9. The summed E-state index contributed by atoms with van der Waals surface area (Å²) in [6, 6.07) is 4.58. The van der Waals surface area contributed by atoms with Crippen molar-refractivity contribution in [1.82, 2.24) is 15.3 Å². The second kappa shape index (κ2) is 5.09. The average Bonchev–Trinajstić information content (AvgIpc) is 2.82. The summed E-state index contributed by atoms with van der Waals surface area (Å²) in [5.74, 6) is -1.02. The maximum atomic E-state index is 13.6. The van der Waals surface area contributed by atoms with Crippen LogP contribution in [0.25, 0.3) is 0 Å². The third kappa shape index (κ3) is 2.71. The van der Waals surface area contributed by atoms with Crippen molar-refractivity contribution >= 4 is 21.8 Å². The van der Waals surface area contributed by atoms with E-state index in [-0.39, 0.29) is 16.6 Å². The summed E-state index contributed by atoms with van der Waals surface area (Å²) in [4.78, 5) is 18.4. The van der Waals surface area contributed by atoms with Crippen LogP contribution < -0.4 is 5.32 Å². The van der Waals surface area contributed by atoms with Gasteiger partial charge in [-0.1, -0.05) is 6.07 Å². The van der Waals surface area contributed by atoms with Crippen LogP contribution >= 0.6 is 15.9 Å². The lowest BCUT2D eigenvalue weighted by Gasteiger charge is -2.05. The first-order valence-corrected chi connectivity index (χ1v) is 5.67. The van der Waals surface area contributed by atoms with Gasteiger partial charge in [0.25, 0.3) is 5.91 Å². The molecule has 17 heavy (non-hydrogen) atoms. The molecule has 4 nitrogen and oxygen atoms in total. The SMILES string of the molecule is O=C(NCc1cnc[nH]1)c1cccc(Br)c1F. The number of hydrogen-bond acceptors (Lipinski definition) is 2. The highest BCUT2D eigenvalue weighted by Crippen LogP contribution is 2.18. The lowest BCUT2D eigenvalue weighted by atomic mass is 10.2. The number of halogens is 2. The zero-order chi connectivity index (χ0) is 12.3. The molecule has 2 aromatic rings. The molecular weight excluding hydrogens is 289 g/mol. The van der Waals surface area contributed by atoms with Crippen molar-refractivity contribution in [2.45, 2.75) is 6.54 Å². The van der Waals surface area contributed by atoms with Gasteiger partial charge in [0.05, 0.1) is 28.6 Å². The Kier molecular flexibility index (Phi) is 3.53. The van der Waals surface area contributed by atoms with E-state index >= 15 is 0 Å². The Morgan fingerprint density at radius 3 is 3.06 bits per heavy atom. The van der Waals surface area contributed by atoms with Crippen LogP contribution in [-0.4, -0.2) is 15.9 Å². The Balaban J connectivity index is 2.07. The van der Waals surface area contributed by atoms with Gasteiger partial charge in [-0.3, -0.25) is 4.79 Å². The van der Waals surface area contributed by atoms with E-state index in [9.17, 15) is 9.18 Å². The molecule has 0 saturated heterocycles. The number of rotatable bonds is 3. The maximum Gasteiger partial charge on any atom is 0.254 e. The number of carbonyl (C=O) groups is 1. The van der Waals surface area contributed by atoms with Crippen molar-refractivity contribution in [2.24, 2.45) is 0 Å². The summed E-state index contributed by atoms with van der Waals surface area (Å²) >= 11 is 3.03. The molecule has 0 aliphatic rings. The van der Waals surface area contributed by atoms with E-state index in [0.717, 1.165) is 5.69 Å². The first-order chi connectivity index (χ1) is 8.18. The Labute approximate surface area is 105 Å². The first kappa shape index (κ1) is 11.8. The second-order valence-corrected chi connectivity index (χ2v) is 4.22. The highest BCUT2D eigenvalue weighted by atomic mass is 79.9. The van der Waals surface area contributed by atoms with Gasteiger partial charge in [-0.05, 0) is 28.1 Å². The number of nitrogens with one attached hydrogen (secondary N) is 2. The first-order valence-electron chi connectivity index (χ1n) is 4.88. The summed E-state index contributed by atoms with van der Waals surface area (Å²) in [7, 11) is 0. The molecule has 0 aliphatic heterocycles. The number of benzene rings is 1. The third-order valence-corrected chi connectivity index (χ3v) is 2.80. The van der Waals surface area contributed by atoms with E-state index in [0.29, 0.717) is 0 Å². The second-order valence-electron chi connectivity index (χ2n) is 3.36. The smallest absolute Gasteiger partial charge is 0.254 e. The van der Waals surface area contributed by atoms with Gasteiger partial charge in [0.15, 0.2) is 0 Å². The van der Waals surface area contributed by atoms with Gasteiger partial charge in [0.1, 0.15) is 5.82 Å². The molecule has 1 aromatic carbocycles. The maximum absolute atomic E-state index is 13.6. The van der Waals surface area contributed by atoms with Crippen LogP contribution in [0.1, 0.15) is 16.1 Å². The van der Waals surface area contributed by atoms with Crippen LogP contribution in [0.3, 0.4) is 0 Å². The molecule has 0 spiro atoms. The predicted molar refractivity (Wildman–Crippen MR) is 63.9 cm³/mol.